The van der Waals surface area contributed by atoms with Crippen molar-refractivity contribution in [2.45, 2.75) is 13.0 Å². The molecule has 2 amide bonds. The van der Waals surface area contributed by atoms with Gasteiger partial charge >= 0.3 is 0 Å². The van der Waals surface area contributed by atoms with Crippen molar-refractivity contribution in [2.24, 2.45) is 0 Å². The molecule has 24 heavy (non-hydrogen) atoms. The van der Waals surface area contributed by atoms with Crippen LogP contribution in [0.15, 0.2) is 48.5 Å². The van der Waals surface area contributed by atoms with Gasteiger partial charge in [-0.2, -0.15) is 0 Å². The highest BCUT2D eigenvalue weighted by Gasteiger charge is 2.15. The third kappa shape index (κ3) is 4.73. The number of carbonyl (C=O) groups excluding carboxylic acids is 2. The van der Waals surface area contributed by atoms with Gasteiger partial charge in [-0.1, -0.05) is 11.6 Å². The molecule has 0 heterocycles. The molecular weight excluding hydrogens is 328 g/mol. The van der Waals surface area contributed by atoms with Gasteiger partial charge in [-0.3, -0.25) is 9.59 Å². The van der Waals surface area contributed by atoms with Gasteiger partial charge in [-0.15, -0.1) is 0 Å². The number of nitrogens with zero attached hydrogens (tertiary/aromatic N) is 1. The molecule has 0 aliphatic heterocycles. The van der Waals surface area contributed by atoms with E-state index >= 15 is 0 Å². The maximum Gasteiger partial charge on any atom is 0.265 e. The van der Waals surface area contributed by atoms with Crippen molar-refractivity contribution < 1.29 is 14.3 Å². The molecular formula is C18H19ClN2O3. The molecule has 0 aromatic heterocycles. The van der Waals surface area contributed by atoms with Gasteiger partial charge in [0.15, 0.2) is 6.10 Å². The number of ether oxygens (including phenoxy) is 1. The average Bonchev–Trinajstić information content (AvgIpc) is 2.56. The Bertz CT molecular complexity index is 712. The van der Waals surface area contributed by atoms with E-state index in [4.69, 9.17) is 16.3 Å². The summed E-state index contributed by atoms with van der Waals surface area (Å²) in [6.45, 7) is 1.66. The zero-order valence-corrected chi connectivity index (χ0v) is 14.5. The molecule has 1 N–H and O–H groups in total. The largest absolute Gasteiger partial charge is 0.481 e. The van der Waals surface area contributed by atoms with E-state index in [9.17, 15) is 9.59 Å². The molecule has 2 aromatic carbocycles. The molecule has 0 bridgehead atoms. The van der Waals surface area contributed by atoms with E-state index in [1.54, 1.807) is 69.6 Å². The molecule has 5 nitrogen and oxygen atoms in total. The highest BCUT2D eigenvalue weighted by Crippen LogP contribution is 2.17. The summed E-state index contributed by atoms with van der Waals surface area (Å²) in [5.74, 6) is 0.193. The fourth-order valence-electron chi connectivity index (χ4n) is 1.97. The van der Waals surface area contributed by atoms with Crippen LogP contribution in [-0.2, 0) is 4.79 Å². The van der Waals surface area contributed by atoms with Crippen LogP contribution in [0.5, 0.6) is 5.75 Å². The SMILES string of the molecule is C[C@@H](Oc1ccc(Cl)cc1)C(=O)Nc1ccc(C(=O)N(C)C)cc1. The number of amides is 2. The number of halogens is 1. The lowest BCUT2D eigenvalue weighted by Gasteiger charge is -2.15. The van der Waals surface area contributed by atoms with Crippen LogP contribution < -0.4 is 10.1 Å². The number of benzene rings is 2. The number of hydrogen-bond donors (Lipinski definition) is 1. The molecule has 0 fully saturated rings. The van der Waals surface area contributed by atoms with E-state index in [2.05, 4.69) is 5.32 Å². The third-order valence-electron chi connectivity index (χ3n) is 3.30. The molecule has 0 aliphatic carbocycles. The molecule has 2 aromatic rings. The zero-order chi connectivity index (χ0) is 17.7. The van der Waals surface area contributed by atoms with Gasteiger partial charge in [0.2, 0.25) is 0 Å². The zero-order valence-electron chi connectivity index (χ0n) is 13.7. The summed E-state index contributed by atoms with van der Waals surface area (Å²) >= 11 is 5.81. The van der Waals surface area contributed by atoms with Crippen LogP contribution in [0.4, 0.5) is 5.69 Å². The average molecular weight is 347 g/mol. The number of anilines is 1. The van der Waals surface area contributed by atoms with E-state index in [0.717, 1.165) is 0 Å². The van der Waals surface area contributed by atoms with Crippen molar-refractivity contribution in [3.8, 4) is 5.75 Å². The second-order valence-corrected chi connectivity index (χ2v) is 5.92. The third-order valence-corrected chi connectivity index (χ3v) is 3.55. The Morgan fingerprint density at radius 3 is 2.17 bits per heavy atom. The minimum Gasteiger partial charge on any atom is -0.481 e. The Morgan fingerprint density at radius 1 is 1.04 bits per heavy atom. The Labute approximate surface area is 146 Å². The van der Waals surface area contributed by atoms with Gasteiger partial charge in [0, 0.05) is 30.4 Å². The highest BCUT2D eigenvalue weighted by molar-refractivity contribution is 6.30. The Morgan fingerprint density at radius 2 is 1.62 bits per heavy atom. The summed E-state index contributed by atoms with van der Waals surface area (Å²) in [5, 5.41) is 3.36. The Kier molecular flexibility index (Phi) is 5.82. The van der Waals surface area contributed by atoms with Crippen molar-refractivity contribution in [2.75, 3.05) is 19.4 Å². The molecule has 0 aliphatic rings. The quantitative estimate of drug-likeness (QED) is 0.902. The normalized spacial score (nSPS) is 11.5. The maximum absolute atomic E-state index is 12.2. The number of hydrogen-bond acceptors (Lipinski definition) is 3. The van der Waals surface area contributed by atoms with Crippen LogP contribution >= 0.6 is 11.6 Å². The summed E-state index contributed by atoms with van der Waals surface area (Å²) in [6.07, 6.45) is -0.672. The van der Waals surface area contributed by atoms with E-state index < -0.39 is 6.10 Å². The van der Waals surface area contributed by atoms with Gasteiger partial charge in [0.05, 0.1) is 0 Å². The smallest absolute Gasteiger partial charge is 0.265 e. The number of rotatable bonds is 5. The second kappa shape index (κ2) is 7.84. The van der Waals surface area contributed by atoms with Gasteiger partial charge in [0.1, 0.15) is 5.75 Å². The summed E-state index contributed by atoms with van der Waals surface area (Å²) in [4.78, 5) is 25.5. The van der Waals surface area contributed by atoms with E-state index in [1.807, 2.05) is 0 Å². The molecule has 1 atom stereocenters. The number of carbonyl (C=O) groups is 2. The second-order valence-electron chi connectivity index (χ2n) is 5.48. The van der Waals surface area contributed by atoms with Gasteiger partial charge in [-0.25, -0.2) is 0 Å². The van der Waals surface area contributed by atoms with Crippen LogP contribution in [0.1, 0.15) is 17.3 Å². The lowest BCUT2D eigenvalue weighted by atomic mass is 10.2. The minimum absolute atomic E-state index is 0.0904. The molecule has 6 heteroatoms. The predicted octanol–water partition coefficient (Wildman–Crippen LogP) is 3.45. The summed E-state index contributed by atoms with van der Waals surface area (Å²) < 4.78 is 5.57. The van der Waals surface area contributed by atoms with E-state index in [1.165, 1.54) is 4.90 Å². The van der Waals surface area contributed by atoms with Gasteiger partial charge < -0.3 is 15.0 Å². The van der Waals surface area contributed by atoms with Crippen molar-refractivity contribution in [1.82, 2.24) is 4.90 Å². The van der Waals surface area contributed by atoms with Crippen LogP contribution in [0.2, 0.25) is 5.02 Å². The fourth-order valence-corrected chi connectivity index (χ4v) is 2.10. The minimum atomic E-state index is -0.672. The first-order chi connectivity index (χ1) is 11.4. The van der Waals surface area contributed by atoms with Gasteiger partial charge in [-0.05, 0) is 55.5 Å². The standard InChI is InChI=1S/C18H19ClN2O3/c1-12(24-16-10-6-14(19)7-11-16)17(22)20-15-8-4-13(5-9-15)18(23)21(2)3/h4-12H,1-3H3,(H,20,22)/t12-/m1/s1. The van der Waals surface area contributed by atoms with Gasteiger partial charge in [0.25, 0.3) is 11.8 Å². The fraction of sp³-hybridized carbons (Fsp3) is 0.222. The van der Waals surface area contributed by atoms with Crippen molar-refractivity contribution in [3.05, 3.63) is 59.1 Å². The van der Waals surface area contributed by atoms with Crippen molar-refractivity contribution in [1.29, 1.82) is 0 Å². The molecule has 0 unspecified atom stereocenters. The Hall–Kier alpha value is -2.53. The topological polar surface area (TPSA) is 58.6 Å². The summed E-state index contributed by atoms with van der Waals surface area (Å²) in [7, 11) is 3.38. The van der Waals surface area contributed by atoms with Crippen LogP contribution in [0.3, 0.4) is 0 Å². The first-order valence-corrected chi connectivity index (χ1v) is 7.79. The first kappa shape index (κ1) is 17.8. The lowest BCUT2D eigenvalue weighted by Crippen LogP contribution is -2.30. The molecule has 2 rings (SSSR count). The van der Waals surface area contributed by atoms with E-state index in [0.29, 0.717) is 22.0 Å². The molecule has 0 radical (unpaired) electrons. The summed E-state index contributed by atoms with van der Waals surface area (Å²) in [5.41, 5.74) is 1.16. The van der Waals surface area contributed by atoms with Crippen molar-refractivity contribution in [3.63, 3.8) is 0 Å². The monoisotopic (exact) mass is 346 g/mol. The van der Waals surface area contributed by atoms with Crippen LogP contribution in [0, 0.1) is 0 Å². The first-order valence-electron chi connectivity index (χ1n) is 7.41. The Balaban J connectivity index is 1.96. The molecule has 0 saturated carbocycles. The number of nitrogens with one attached hydrogen (secondary N) is 1. The lowest BCUT2D eigenvalue weighted by molar-refractivity contribution is -0.122. The summed E-state index contributed by atoms with van der Waals surface area (Å²) in [6, 6.07) is 13.5. The molecule has 0 spiro atoms. The maximum atomic E-state index is 12.2. The van der Waals surface area contributed by atoms with Crippen LogP contribution in [-0.4, -0.2) is 36.9 Å². The predicted molar refractivity (Wildman–Crippen MR) is 94.6 cm³/mol. The molecule has 0 saturated heterocycles. The van der Waals surface area contributed by atoms with Crippen molar-refractivity contribution >= 4 is 29.1 Å². The van der Waals surface area contributed by atoms with Crippen LogP contribution in [0.25, 0.3) is 0 Å². The molecule has 126 valence electrons. The van der Waals surface area contributed by atoms with E-state index in [-0.39, 0.29) is 11.8 Å². The highest BCUT2D eigenvalue weighted by atomic mass is 35.5.